The zero-order valence-electron chi connectivity index (χ0n) is 11.4. The van der Waals surface area contributed by atoms with E-state index in [4.69, 9.17) is 9.84 Å². The van der Waals surface area contributed by atoms with Crippen molar-refractivity contribution in [3.63, 3.8) is 0 Å². The van der Waals surface area contributed by atoms with Gasteiger partial charge in [0.15, 0.2) is 6.10 Å². The Bertz CT molecular complexity index is 434. The van der Waals surface area contributed by atoms with Crippen LogP contribution in [0.4, 0.5) is 4.39 Å². The Kier molecular flexibility index (Phi) is 5.30. The van der Waals surface area contributed by atoms with Crippen LogP contribution in [-0.4, -0.2) is 30.3 Å². The molecule has 1 unspecified atom stereocenters. The molecule has 0 saturated heterocycles. The Labute approximate surface area is 112 Å². The van der Waals surface area contributed by atoms with Gasteiger partial charge in [-0.1, -0.05) is 19.9 Å². The highest BCUT2D eigenvalue weighted by molar-refractivity contribution is 5.80. The highest BCUT2D eigenvalue weighted by atomic mass is 19.1. The van der Waals surface area contributed by atoms with E-state index in [1.54, 1.807) is 13.0 Å². The van der Waals surface area contributed by atoms with Gasteiger partial charge in [0.1, 0.15) is 11.6 Å². The number of benzene rings is 1. The van der Waals surface area contributed by atoms with Crippen molar-refractivity contribution in [1.29, 1.82) is 0 Å². The SMILES string of the molecule is CC(Oc1cccc(F)c1)C(=O)NCC(C)(C)CO. The van der Waals surface area contributed by atoms with E-state index in [1.165, 1.54) is 18.2 Å². The molecular formula is C14H20FNO3. The molecule has 0 aliphatic rings. The molecule has 0 bridgehead atoms. The van der Waals surface area contributed by atoms with Gasteiger partial charge in [0.25, 0.3) is 5.91 Å². The fourth-order valence-corrected chi connectivity index (χ4v) is 1.32. The summed E-state index contributed by atoms with van der Waals surface area (Å²) >= 11 is 0. The zero-order valence-corrected chi connectivity index (χ0v) is 11.4. The number of carbonyl (C=O) groups excluding carboxylic acids is 1. The average Bonchev–Trinajstić information content (AvgIpc) is 2.36. The molecule has 0 aliphatic carbocycles. The molecule has 2 N–H and O–H groups in total. The molecule has 0 radical (unpaired) electrons. The minimum absolute atomic E-state index is 0.0214. The van der Waals surface area contributed by atoms with Crippen molar-refractivity contribution < 1.29 is 19.0 Å². The van der Waals surface area contributed by atoms with Crippen LogP contribution in [0.1, 0.15) is 20.8 Å². The lowest BCUT2D eigenvalue weighted by Gasteiger charge is -2.23. The van der Waals surface area contributed by atoms with Crippen molar-refractivity contribution >= 4 is 5.91 Å². The first-order valence-electron chi connectivity index (χ1n) is 6.15. The smallest absolute Gasteiger partial charge is 0.260 e. The Balaban J connectivity index is 2.49. The minimum Gasteiger partial charge on any atom is -0.481 e. The first kappa shape index (κ1) is 15.4. The van der Waals surface area contributed by atoms with Crippen LogP contribution in [0.25, 0.3) is 0 Å². The number of carbonyl (C=O) groups is 1. The molecule has 0 saturated carbocycles. The lowest BCUT2D eigenvalue weighted by molar-refractivity contribution is -0.127. The Hall–Kier alpha value is -1.62. The van der Waals surface area contributed by atoms with Gasteiger partial charge in [-0.15, -0.1) is 0 Å². The summed E-state index contributed by atoms with van der Waals surface area (Å²) in [6.07, 6.45) is -0.726. The lowest BCUT2D eigenvalue weighted by atomic mass is 9.95. The van der Waals surface area contributed by atoms with Crippen molar-refractivity contribution in [2.45, 2.75) is 26.9 Å². The minimum atomic E-state index is -0.726. The van der Waals surface area contributed by atoms with Crippen LogP contribution in [0.2, 0.25) is 0 Å². The monoisotopic (exact) mass is 269 g/mol. The second kappa shape index (κ2) is 6.52. The van der Waals surface area contributed by atoms with Gasteiger partial charge in [0, 0.05) is 24.6 Å². The van der Waals surface area contributed by atoms with E-state index in [1.807, 2.05) is 13.8 Å². The molecule has 4 nitrogen and oxygen atoms in total. The van der Waals surface area contributed by atoms with Gasteiger partial charge in [0.2, 0.25) is 0 Å². The Morgan fingerprint density at radius 1 is 1.53 bits per heavy atom. The summed E-state index contributed by atoms with van der Waals surface area (Å²) in [6.45, 7) is 5.59. The number of aliphatic hydroxyl groups is 1. The summed E-state index contributed by atoms with van der Waals surface area (Å²) in [5.74, 6) is -0.402. The number of hydrogen-bond donors (Lipinski definition) is 2. The van der Waals surface area contributed by atoms with E-state index in [9.17, 15) is 9.18 Å². The number of ether oxygens (including phenoxy) is 1. The fourth-order valence-electron chi connectivity index (χ4n) is 1.32. The summed E-state index contributed by atoms with van der Waals surface area (Å²) in [5, 5.41) is 11.8. The maximum atomic E-state index is 13.0. The van der Waals surface area contributed by atoms with Gasteiger partial charge < -0.3 is 15.2 Å². The molecule has 1 atom stereocenters. The van der Waals surface area contributed by atoms with Gasteiger partial charge in [-0.3, -0.25) is 4.79 Å². The second-order valence-electron chi connectivity index (χ2n) is 5.26. The molecule has 1 aromatic rings. The summed E-state index contributed by atoms with van der Waals surface area (Å²) in [5.41, 5.74) is -0.381. The molecule has 1 amide bonds. The number of halogens is 1. The molecule has 106 valence electrons. The molecule has 0 aromatic heterocycles. The number of nitrogens with one attached hydrogen (secondary N) is 1. The van der Waals surface area contributed by atoms with E-state index in [-0.39, 0.29) is 17.9 Å². The standard InChI is InChI=1S/C14H20FNO3/c1-10(13(18)16-8-14(2,3)9-17)19-12-6-4-5-11(15)7-12/h4-7,10,17H,8-9H2,1-3H3,(H,16,18). The highest BCUT2D eigenvalue weighted by Gasteiger charge is 2.20. The zero-order chi connectivity index (χ0) is 14.5. The molecule has 1 rings (SSSR count). The third kappa shape index (κ3) is 5.26. The Morgan fingerprint density at radius 3 is 2.79 bits per heavy atom. The largest absolute Gasteiger partial charge is 0.481 e. The maximum absolute atomic E-state index is 13.0. The van der Waals surface area contributed by atoms with Gasteiger partial charge in [0.05, 0.1) is 0 Å². The Morgan fingerprint density at radius 2 is 2.21 bits per heavy atom. The molecular weight excluding hydrogens is 249 g/mol. The van der Waals surface area contributed by atoms with Gasteiger partial charge >= 0.3 is 0 Å². The van der Waals surface area contributed by atoms with E-state index >= 15 is 0 Å². The summed E-state index contributed by atoms with van der Waals surface area (Å²) in [7, 11) is 0. The predicted octanol–water partition coefficient (Wildman–Crippen LogP) is 1.73. The molecule has 0 aliphatic heterocycles. The molecule has 19 heavy (non-hydrogen) atoms. The third-order valence-electron chi connectivity index (χ3n) is 2.65. The maximum Gasteiger partial charge on any atom is 0.260 e. The van der Waals surface area contributed by atoms with Crippen molar-refractivity contribution in [3.05, 3.63) is 30.1 Å². The van der Waals surface area contributed by atoms with Gasteiger partial charge in [-0.2, -0.15) is 0 Å². The molecule has 0 heterocycles. The number of hydrogen-bond acceptors (Lipinski definition) is 3. The summed E-state index contributed by atoms with van der Waals surface area (Å²) < 4.78 is 18.3. The van der Waals surface area contributed by atoms with E-state index < -0.39 is 11.9 Å². The predicted molar refractivity (Wildman–Crippen MR) is 70.4 cm³/mol. The van der Waals surface area contributed by atoms with Crippen LogP contribution in [0.5, 0.6) is 5.75 Å². The molecule has 0 fully saturated rings. The van der Waals surface area contributed by atoms with Crippen molar-refractivity contribution in [1.82, 2.24) is 5.32 Å². The number of aliphatic hydroxyl groups excluding tert-OH is 1. The fraction of sp³-hybridized carbons (Fsp3) is 0.500. The molecule has 5 heteroatoms. The van der Waals surface area contributed by atoms with Crippen LogP contribution in [-0.2, 0) is 4.79 Å². The van der Waals surface area contributed by atoms with Crippen LogP contribution < -0.4 is 10.1 Å². The van der Waals surface area contributed by atoms with Crippen molar-refractivity contribution in [3.8, 4) is 5.75 Å². The van der Waals surface area contributed by atoms with E-state index in [0.717, 1.165) is 0 Å². The van der Waals surface area contributed by atoms with Gasteiger partial charge in [-0.05, 0) is 19.1 Å². The second-order valence-corrected chi connectivity index (χ2v) is 5.26. The first-order valence-corrected chi connectivity index (χ1v) is 6.15. The van der Waals surface area contributed by atoms with Crippen LogP contribution in [0, 0.1) is 11.2 Å². The van der Waals surface area contributed by atoms with Crippen LogP contribution in [0.3, 0.4) is 0 Å². The quantitative estimate of drug-likeness (QED) is 0.827. The topological polar surface area (TPSA) is 58.6 Å². The van der Waals surface area contributed by atoms with Crippen molar-refractivity contribution in [2.75, 3.05) is 13.2 Å². The highest BCUT2D eigenvalue weighted by Crippen LogP contribution is 2.14. The molecule has 1 aromatic carbocycles. The summed E-state index contributed by atoms with van der Waals surface area (Å²) in [4.78, 5) is 11.8. The first-order chi connectivity index (χ1) is 8.84. The number of amides is 1. The normalized spacial score (nSPS) is 12.9. The average molecular weight is 269 g/mol. The van der Waals surface area contributed by atoms with Gasteiger partial charge in [-0.25, -0.2) is 4.39 Å². The third-order valence-corrected chi connectivity index (χ3v) is 2.65. The van der Waals surface area contributed by atoms with Crippen LogP contribution in [0.15, 0.2) is 24.3 Å². The summed E-state index contributed by atoms with van der Waals surface area (Å²) in [6, 6.07) is 5.64. The number of rotatable bonds is 6. The van der Waals surface area contributed by atoms with Crippen molar-refractivity contribution in [2.24, 2.45) is 5.41 Å². The van der Waals surface area contributed by atoms with E-state index in [0.29, 0.717) is 12.3 Å². The van der Waals surface area contributed by atoms with E-state index in [2.05, 4.69) is 5.32 Å². The molecule has 0 spiro atoms. The van der Waals surface area contributed by atoms with Crippen LogP contribution >= 0.6 is 0 Å². The lowest BCUT2D eigenvalue weighted by Crippen LogP contribution is -2.42.